The molecule has 0 fully saturated rings. The monoisotopic (exact) mass is 260 g/mol. The van der Waals surface area contributed by atoms with Crippen LogP contribution < -0.4 is 10.6 Å². The predicted octanol–water partition coefficient (Wildman–Crippen LogP) is 2.41. The molecule has 0 atom stereocenters. The summed E-state index contributed by atoms with van der Waals surface area (Å²) in [6.07, 6.45) is 4.18. The Balaban J connectivity index is 2.35. The van der Waals surface area contributed by atoms with Crippen LogP contribution in [0.1, 0.15) is 12.0 Å². The number of rotatable bonds is 5. The number of nitrogens with two attached hydrogens (primary N) is 1. The van der Waals surface area contributed by atoms with Crippen LogP contribution in [-0.2, 0) is 0 Å². The zero-order chi connectivity index (χ0) is 13.7. The van der Waals surface area contributed by atoms with Crippen molar-refractivity contribution in [1.82, 2.24) is 9.97 Å². The van der Waals surface area contributed by atoms with E-state index >= 15 is 0 Å². The smallest absolute Gasteiger partial charge is 0.229 e. The molecule has 1 aromatic heterocycles. The molecule has 19 heavy (non-hydrogen) atoms. The Morgan fingerprint density at radius 1 is 1.21 bits per heavy atom. The van der Waals surface area contributed by atoms with Gasteiger partial charge < -0.3 is 10.6 Å². The lowest BCUT2D eigenvalue weighted by molar-refractivity contribution is 0.622. The van der Waals surface area contributed by atoms with Gasteiger partial charge in [0.15, 0.2) is 0 Å². The number of hydrogen-bond acceptors (Lipinski definition) is 4. The highest BCUT2D eigenvalue weighted by atomic mass is 19.1. The van der Waals surface area contributed by atoms with Crippen molar-refractivity contribution in [3.05, 3.63) is 48.0 Å². The average molecular weight is 260 g/mol. The number of aromatic nitrogens is 2. The average Bonchev–Trinajstić information content (AvgIpc) is 2.43. The second-order valence-electron chi connectivity index (χ2n) is 4.31. The van der Waals surface area contributed by atoms with Gasteiger partial charge in [-0.3, -0.25) is 0 Å². The summed E-state index contributed by atoms with van der Waals surface area (Å²) in [7, 11) is 0. The van der Waals surface area contributed by atoms with E-state index in [1.54, 1.807) is 35.5 Å². The van der Waals surface area contributed by atoms with Gasteiger partial charge in [-0.25, -0.2) is 14.4 Å². The number of aryl methyl sites for hydroxylation is 1. The summed E-state index contributed by atoms with van der Waals surface area (Å²) in [6, 6.07) is 6.60. The van der Waals surface area contributed by atoms with Gasteiger partial charge in [-0.2, -0.15) is 0 Å². The van der Waals surface area contributed by atoms with E-state index in [2.05, 4.69) is 9.97 Å². The molecule has 0 aliphatic heterocycles. The van der Waals surface area contributed by atoms with E-state index < -0.39 is 0 Å². The highest BCUT2D eigenvalue weighted by Gasteiger charge is 2.14. The number of para-hydroxylation sites is 1. The third-order valence-corrected chi connectivity index (χ3v) is 2.74. The Kier molecular flexibility index (Phi) is 4.41. The van der Waals surface area contributed by atoms with Crippen molar-refractivity contribution in [2.45, 2.75) is 13.3 Å². The van der Waals surface area contributed by atoms with Crippen LogP contribution in [-0.4, -0.2) is 23.1 Å². The van der Waals surface area contributed by atoms with Crippen molar-refractivity contribution >= 4 is 11.6 Å². The van der Waals surface area contributed by atoms with E-state index in [-0.39, 0.29) is 5.82 Å². The highest BCUT2D eigenvalue weighted by Crippen LogP contribution is 2.24. The molecule has 0 aliphatic carbocycles. The van der Waals surface area contributed by atoms with Crippen molar-refractivity contribution in [2.24, 2.45) is 5.73 Å². The summed E-state index contributed by atoms with van der Waals surface area (Å²) in [5.41, 5.74) is 6.97. The van der Waals surface area contributed by atoms with E-state index in [0.717, 1.165) is 12.0 Å². The SMILES string of the molecule is Cc1cnc(N(CCCN)c2ccccc2F)nc1. The Morgan fingerprint density at radius 2 is 1.89 bits per heavy atom. The predicted molar refractivity (Wildman–Crippen MR) is 73.8 cm³/mol. The normalized spacial score (nSPS) is 10.5. The molecule has 0 saturated carbocycles. The van der Waals surface area contributed by atoms with E-state index in [9.17, 15) is 4.39 Å². The molecule has 5 heteroatoms. The Labute approximate surface area is 112 Å². The van der Waals surface area contributed by atoms with Crippen LogP contribution in [0.3, 0.4) is 0 Å². The summed E-state index contributed by atoms with van der Waals surface area (Å²) >= 11 is 0. The number of benzene rings is 1. The lowest BCUT2D eigenvalue weighted by Gasteiger charge is -2.22. The van der Waals surface area contributed by atoms with Gasteiger partial charge in [0.05, 0.1) is 5.69 Å². The Hall–Kier alpha value is -2.01. The molecule has 0 aliphatic rings. The molecular formula is C14H17FN4. The van der Waals surface area contributed by atoms with Crippen molar-refractivity contribution in [3.63, 3.8) is 0 Å². The molecule has 0 amide bonds. The minimum Gasteiger partial charge on any atom is -0.330 e. The molecule has 2 aromatic rings. The van der Waals surface area contributed by atoms with Crippen LogP contribution in [0, 0.1) is 12.7 Å². The first kappa shape index (κ1) is 13.4. The highest BCUT2D eigenvalue weighted by molar-refractivity contribution is 5.57. The fourth-order valence-corrected chi connectivity index (χ4v) is 1.77. The van der Waals surface area contributed by atoms with Gasteiger partial charge in [0.2, 0.25) is 5.95 Å². The maximum absolute atomic E-state index is 13.9. The Morgan fingerprint density at radius 3 is 2.53 bits per heavy atom. The van der Waals surface area contributed by atoms with E-state index in [1.165, 1.54) is 6.07 Å². The molecule has 1 aromatic carbocycles. The quantitative estimate of drug-likeness (QED) is 0.897. The first-order chi connectivity index (χ1) is 9.22. The zero-order valence-corrected chi connectivity index (χ0v) is 10.9. The molecule has 0 radical (unpaired) electrons. The molecule has 1 heterocycles. The number of anilines is 2. The first-order valence-electron chi connectivity index (χ1n) is 6.23. The topological polar surface area (TPSA) is 55.0 Å². The molecule has 2 rings (SSSR count). The van der Waals surface area contributed by atoms with Gasteiger partial charge in [-0.15, -0.1) is 0 Å². The van der Waals surface area contributed by atoms with Crippen LogP contribution >= 0.6 is 0 Å². The first-order valence-corrected chi connectivity index (χ1v) is 6.23. The van der Waals surface area contributed by atoms with Gasteiger partial charge in [-0.05, 0) is 37.6 Å². The molecule has 0 bridgehead atoms. The van der Waals surface area contributed by atoms with Crippen LogP contribution in [0.25, 0.3) is 0 Å². The van der Waals surface area contributed by atoms with Crippen molar-refractivity contribution in [1.29, 1.82) is 0 Å². The van der Waals surface area contributed by atoms with Crippen LogP contribution in [0.15, 0.2) is 36.7 Å². The second kappa shape index (κ2) is 6.24. The van der Waals surface area contributed by atoms with E-state index in [4.69, 9.17) is 5.73 Å². The fourth-order valence-electron chi connectivity index (χ4n) is 1.77. The summed E-state index contributed by atoms with van der Waals surface area (Å²) in [4.78, 5) is 10.3. The summed E-state index contributed by atoms with van der Waals surface area (Å²) in [5.74, 6) is 0.202. The molecule has 0 unspecified atom stereocenters. The molecule has 4 nitrogen and oxygen atoms in total. The minimum absolute atomic E-state index is 0.288. The minimum atomic E-state index is -0.288. The van der Waals surface area contributed by atoms with E-state index in [1.807, 2.05) is 6.92 Å². The molecule has 0 spiro atoms. The van der Waals surface area contributed by atoms with Crippen LogP contribution in [0.4, 0.5) is 16.0 Å². The van der Waals surface area contributed by atoms with Gasteiger partial charge in [0.25, 0.3) is 0 Å². The van der Waals surface area contributed by atoms with Crippen LogP contribution in [0.2, 0.25) is 0 Å². The van der Waals surface area contributed by atoms with Gasteiger partial charge in [0, 0.05) is 18.9 Å². The number of hydrogen-bond donors (Lipinski definition) is 1. The van der Waals surface area contributed by atoms with Crippen molar-refractivity contribution in [3.8, 4) is 0 Å². The molecule has 2 N–H and O–H groups in total. The standard InChI is InChI=1S/C14H17FN4/c1-11-9-17-14(18-10-11)19(8-4-7-16)13-6-3-2-5-12(13)15/h2-3,5-6,9-10H,4,7-8,16H2,1H3. The third-order valence-electron chi connectivity index (χ3n) is 2.74. The second-order valence-corrected chi connectivity index (χ2v) is 4.31. The lowest BCUT2D eigenvalue weighted by Crippen LogP contribution is -2.23. The van der Waals surface area contributed by atoms with Crippen molar-refractivity contribution < 1.29 is 4.39 Å². The number of nitrogens with zero attached hydrogens (tertiary/aromatic N) is 3. The van der Waals surface area contributed by atoms with E-state index in [0.29, 0.717) is 24.7 Å². The number of halogens is 1. The fraction of sp³-hybridized carbons (Fsp3) is 0.286. The summed E-state index contributed by atoms with van der Waals surface area (Å²) in [5, 5.41) is 0. The van der Waals surface area contributed by atoms with Gasteiger partial charge >= 0.3 is 0 Å². The third kappa shape index (κ3) is 3.26. The van der Waals surface area contributed by atoms with Crippen LogP contribution in [0.5, 0.6) is 0 Å². The van der Waals surface area contributed by atoms with Crippen molar-refractivity contribution in [2.75, 3.05) is 18.0 Å². The maximum Gasteiger partial charge on any atom is 0.229 e. The lowest BCUT2D eigenvalue weighted by atomic mass is 10.2. The van der Waals surface area contributed by atoms with Gasteiger partial charge in [0.1, 0.15) is 5.82 Å². The Bertz CT molecular complexity index is 527. The molecule has 100 valence electrons. The largest absolute Gasteiger partial charge is 0.330 e. The maximum atomic E-state index is 13.9. The molecule has 0 saturated heterocycles. The van der Waals surface area contributed by atoms with Gasteiger partial charge in [-0.1, -0.05) is 12.1 Å². The summed E-state index contributed by atoms with van der Waals surface area (Å²) < 4.78 is 13.9. The zero-order valence-electron chi connectivity index (χ0n) is 10.9. The summed E-state index contributed by atoms with van der Waals surface area (Å²) in [6.45, 7) is 3.04. The molecular weight excluding hydrogens is 243 g/mol.